The fraction of sp³-hybridized carbons (Fsp3) is 0.0870. The third kappa shape index (κ3) is 4.92. The third-order valence-electron chi connectivity index (χ3n) is 4.18. The van der Waals surface area contributed by atoms with E-state index in [0.29, 0.717) is 22.6 Å². The van der Waals surface area contributed by atoms with E-state index in [1.807, 2.05) is 48.5 Å². The lowest BCUT2D eigenvalue weighted by atomic mass is 10.0. The Bertz CT molecular complexity index is 966. The van der Waals surface area contributed by atoms with Gasteiger partial charge < -0.3 is 4.74 Å². The molecule has 3 aromatic rings. The van der Waals surface area contributed by atoms with Crippen molar-refractivity contribution in [3.8, 4) is 5.75 Å². The van der Waals surface area contributed by atoms with Crippen LogP contribution in [-0.4, -0.2) is 24.5 Å². The number of hydrogen-bond donors (Lipinski definition) is 1. The van der Waals surface area contributed by atoms with Gasteiger partial charge in [0.05, 0.1) is 19.2 Å². The molecule has 0 aromatic heterocycles. The first kappa shape index (κ1) is 19.0. The summed E-state index contributed by atoms with van der Waals surface area (Å²) in [5, 5.41) is 4.24. The number of nitrogens with one attached hydrogen (secondary N) is 1. The molecule has 0 saturated carbocycles. The van der Waals surface area contributed by atoms with E-state index in [1.54, 1.807) is 43.5 Å². The lowest BCUT2D eigenvalue weighted by molar-refractivity contribution is 0.0951. The van der Waals surface area contributed by atoms with Crippen LogP contribution in [0.4, 0.5) is 0 Å². The Hall–Kier alpha value is -3.73. The van der Waals surface area contributed by atoms with Crippen LogP contribution in [0.5, 0.6) is 5.75 Å². The van der Waals surface area contributed by atoms with Gasteiger partial charge in [0.1, 0.15) is 5.75 Å². The van der Waals surface area contributed by atoms with Gasteiger partial charge in [-0.2, -0.15) is 5.10 Å². The minimum atomic E-state index is -0.358. The standard InChI is InChI=1S/C23H20N2O3/c1-28-20-14-12-19(13-15-20)23(27)25-24-21(17-8-4-2-5-9-17)16-22(26)18-10-6-3-7-11-18/h2-15H,16H2,1H3,(H,25,27)/b24-21+. The molecule has 0 aliphatic carbocycles. The van der Waals surface area contributed by atoms with Gasteiger partial charge in [-0.1, -0.05) is 60.7 Å². The number of carbonyl (C=O) groups is 2. The van der Waals surface area contributed by atoms with Crippen LogP contribution in [0, 0.1) is 0 Å². The van der Waals surface area contributed by atoms with Crippen LogP contribution in [0.15, 0.2) is 90.0 Å². The van der Waals surface area contributed by atoms with Gasteiger partial charge in [0.15, 0.2) is 5.78 Å². The summed E-state index contributed by atoms with van der Waals surface area (Å²) in [5.74, 6) is 0.239. The highest BCUT2D eigenvalue weighted by atomic mass is 16.5. The SMILES string of the molecule is COc1ccc(C(=O)N/N=C(\CC(=O)c2ccccc2)c2ccccc2)cc1. The summed E-state index contributed by atoms with van der Waals surface area (Å²) in [6, 6.07) is 25.1. The molecule has 0 aliphatic heterocycles. The van der Waals surface area contributed by atoms with Crippen LogP contribution >= 0.6 is 0 Å². The van der Waals surface area contributed by atoms with Crippen molar-refractivity contribution >= 4 is 17.4 Å². The van der Waals surface area contributed by atoms with E-state index in [9.17, 15) is 9.59 Å². The topological polar surface area (TPSA) is 67.8 Å². The third-order valence-corrected chi connectivity index (χ3v) is 4.18. The predicted octanol–water partition coefficient (Wildman–Crippen LogP) is 4.10. The van der Waals surface area contributed by atoms with Gasteiger partial charge in [0.2, 0.25) is 0 Å². The highest BCUT2D eigenvalue weighted by Crippen LogP contribution is 2.12. The minimum Gasteiger partial charge on any atom is -0.497 e. The summed E-state index contributed by atoms with van der Waals surface area (Å²) < 4.78 is 5.09. The molecule has 0 unspecified atom stereocenters. The average Bonchev–Trinajstić information content (AvgIpc) is 2.77. The maximum absolute atomic E-state index is 12.6. The molecule has 0 spiro atoms. The molecule has 3 rings (SSSR count). The summed E-state index contributed by atoms with van der Waals surface area (Å²) >= 11 is 0. The summed E-state index contributed by atoms with van der Waals surface area (Å²) in [4.78, 5) is 25.0. The van der Waals surface area contributed by atoms with Gasteiger partial charge in [0.25, 0.3) is 5.91 Å². The van der Waals surface area contributed by atoms with E-state index in [-0.39, 0.29) is 18.1 Å². The predicted molar refractivity (Wildman–Crippen MR) is 109 cm³/mol. The van der Waals surface area contributed by atoms with Gasteiger partial charge in [-0.3, -0.25) is 9.59 Å². The van der Waals surface area contributed by atoms with Crippen LogP contribution in [0.1, 0.15) is 32.7 Å². The van der Waals surface area contributed by atoms with E-state index >= 15 is 0 Å². The molecular weight excluding hydrogens is 352 g/mol. The summed E-state index contributed by atoms with van der Waals surface area (Å²) in [6.07, 6.45) is 0.0803. The number of nitrogens with zero attached hydrogens (tertiary/aromatic N) is 1. The number of hydrazone groups is 1. The number of amides is 1. The van der Waals surface area contributed by atoms with Crippen molar-refractivity contribution in [3.63, 3.8) is 0 Å². The number of carbonyl (C=O) groups excluding carboxylic acids is 2. The Morgan fingerprint density at radius 1 is 0.786 bits per heavy atom. The molecule has 3 aromatic carbocycles. The molecular formula is C23H20N2O3. The molecule has 140 valence electrons. The Labute approximate surface area is 163 Å². The van der Waals surface area contributed by atoms with E-state index < -0.39 is 0 Å². The maximum Gasteiger partial charge on any atom is 0.271 e. The second-order valence-corrected chi connectivity index (χ2v) is 6.06. The number of benzene rings is 3. The van der Waals surface area contributed by atoms with Crippen LogP contribution in [0.3, 0.4) is 0 Å². The fourth-order valence-electron chi connectivity index (χ4n) is 2.64. The van der Waals surface area contributed by atoms with Gasteiger partial charge >= 0.3 is 0 Å². The quantitative estimate of drug-likeness (QED) is 0.386. The number of hydrogen-bond acceptors (Lipinski definition) is 4. The van der Waals surface area contributed by atoms with E-state index in [0.717, 1.165) is 5.56 Å². The molecule has 28 heavy (non-hydrogen) atoms. The van der Waals surface area contributed by atoms with Gasteiger partial charge in [-0.05, 0) is 29.8 Å². The van der Waals surface area contributed by atoms with Gasteiger partial charge in [-0.15, -0.1) is 0 Å². The molecule has 0 fully saturated rings. The lowest BCUT2D eigenvalue weighted by Gasteiger charge is -2.08. The smallest absolute Gasteiger partial charge is 0.271 e. The van der Waals surface area contributed by atoms with Crippen molar-refractivity contribution in [2.24, 2.45) is 5.10 Å². The maximum atomic E-state index is 12.6. The molecule has 0 heterocycles. The number of methoxy groups -OCH3 is 1. The number of rotatable bonds is 7. The van der Waals surface area contributed by atoms with Gasteiger partial charge in [-0.25, -0.2) is 5.43 Å². The van der Waals surface area contributed by atoms with Crippen molar-refractivity contribution in [2.75, 3.05) is 7.11 Å². The fourth-order valence-corrected chi connectivity index (χ4v) is 2.64. The van der Waals surface area contributed by atoms with Crippen molar-refractivity contribution in [2.45, 2.75) is 6.42 Å². The largest absolute Gasteiger partial charge is 0.497 e. The molecule has 5 nitrogen and oxygen atoms in total. The van der Waals surface area contributed by atoms with Crippen LogP contribution in [0.2, 0.25) is 0 Å². The van der Waals surface area contributed by atoms with Gasteiger partial charge in [0, 0.05) is 11.1 Å². The second kappa shape index (κ2) is 9.28. The minimum absolute atomic E-state index is 0.0677. The highest BCUT2D eigenvalue weighted by molar-refractivity contribution is 6.16. The zero-order valence-electron chi connectivity index (χ0n) is 15.5. The van der Waals surface area contributed by atoms with Crippen molar-refractivity contribution in [3.05, 3.63) is 102 Å². The summed E-state index contributed by atoms with van der Waals surface area (Å²) in [7, 11) is 1.56. The normalized spacial score (nSPS) is 11.0. The molecule has 1 N–H and O–H groups in total. The number of ether oxygens (including phenoxy) is 1. The number of ketones is 1. The summed E-state index contributed by atoms with van der Waals surface area (Å²) in [5.41, 5.74) is 4.88. The summed E-state index contributed by atoms with van der Waals surface area (Å²) in [6.45, 7) is 0. The average molecular weight is 372 g/mol. The zero-order chi connectivity index (χ0) is 19.8. The first-order valence-electron chi connectivity index (χ1n) is 8.82. The number of Topliss-reactive ketones (excluding diaryl/α,β-unsaturated/α-hetero) is 1. The first-order chi connectivity index (χ1) is 13.7. The Kier molecular flexibility index (Phi) is 6.31. The molecule has 5 heteroatoms. The molecule has 0 saturated heterocycles. The second-order valence-electron chi connectivity index (χ2n) is 6.06. The van der Waals surface area contributed by atoms with Crippen molar-refractivity contribution in [1.29, 1.82) is 0 Å². The Morgan fingerprint density at radius 2 is 1.36 bits per heavy atom. The molecule has 0 radical (unpaired) electrons. The first-order valence-corrected chi connectivity index (χ1v) is 8.82. The Morgan fingerprint density at radius 3 is 1.93 bits per heavy atom. The molecule has 1 amide bonds. The van der Waals surface area contributed by atoms with Crippen LogP contribution < -0.4 is 10.2 Å². The van der Waals surface area contributed by atoms with E-state index in [1.165, 1.54) is 0 Å². The van der Waals surface area contributed by atoms with E-state index in [2.05, 4.69) is 10.5 Å². The van der Waals surface area contributed by atoms with Crippen molar-refractivity contribution < 1.29 is 14.3 Å². The van der Waals surface area contributed by atoms with E-state index in [4.69, 9.17) is 4.74 Å². The zero-order valence-corrected chi connectivity index (χ0v) is 15.5. The highest BCUT2D eigenvalue weighted by Gasteiger charge is 2.13. The monoisotopic (exact) mass is 372 g/mol. The van der Waals surface area contributed by atoms with Crippen LogP contribution in [0.25, 0.3) is 0 Å². The molecule has 0 aliphatic rings. The lowest BCUT2D eigenvalue weighted by Crippen LogP contribution is -2.21. The Balaban J connectivity index is 1.80. The molecule has 0 bridgehead atoms. The van der Waals surface area contributed by atoms with Crippen LogP contribution in [-0.2, 0) is 0 Å². The molecule has 0 atom stereocenters. The van der Waals surface area contributed by atoms with Crippen molar-refractivity contribution in [1.82, 2.24) is 5.43 Å².